The van der Waals surface area contributed by atoms with E-state index in [9.17, 15) is 9.59 Å². The molecule has 5 heteroatoms. The predicted molar refractivity (Wildman–Crippen MR) is 97.0 cm³/mol. The number of nitrogens with one attached hydrogen (secondary N) is 1. The third-order valence-corrected chi connectivity index (χ3v) is 3.82. The van der Waals surface area contributed by atoms with Gasteiger partial charge in [-0.05, 0) is 75.2 Å². The highest BCUT2D eigenvalue weighted by Crippen LogP contribution is 2.18. The summed E-state index contributed by atoms with van der Waals surface area (Å²) in [6, 6.07) is 12.3. The zero-order valence-electron chi connectivity index (χ0n) is 15.0. The summed E-state index contributed by atoms with van der Waals surface area (Å²) in [4.78, 5) is 23.9. The maximum Gasteiger partial charge on any atom is 0.338 e. The maximum atomic E-state index is 12.3. The second kappa shape index (κ2) is 8.33. The van der Waals surface area contributed by atoms with Crippen LogP contribution in [0.2, 0.25) is 0 Å². The van der Waals surface area contributed by atoms with E-state index in [0.717, 1.165) is 5.56 Å². The first-order valence-corrected chi connectivity index (χ1v) is 8.22. The van der Waals surface area contributed by atoms with Gasteiger partial charge in [0.05, 0.1) is 12.2 Å². The molecular weight excluding hydrogens is 318 g/mol. The van der Waals surface area contributed by atoms with Gasteiger partial charge in [0.25, 0.3) is 5.91 Å². The van der Waals surface area contributed by atoms with Crippen molar-refractivity contribution in [1.29, 1.82) is 0 Å². The Morgan fingerprint density at radius 3 is 2.32 bits per heavy atom. The summed E-state index contributed by atoms with van der Waals surface area (Å²) in [5, 5.41) is 2.77. The highest BCUT2D eigenvalue weighted by atomic mass is 16.5. The summed E-state index contributed by atoms with van der Waals surface area (Å²) in [5.41, 5.74) is 3.32. The molecule has 0 aliphatic carbocycles. The van der Waals surface area contributed by atoms with Crippen molar-refractivity contribution in [2.75, 3.05) is 11.9 Å². The van der Waals surface area contributed by atoms with Crippen LogP contribution in [0.3, 0.4) is 0 Å². The van der Waals surface area contributed by atoms with E-state index >= 15 is 0 Å². The first kappa shape index (κ1) is 18.5. The lowest BCUT2D eigenvalue weighted by molar-refractivity contribution is -0.122. The molecule has 2 aromatic rings. The number of anilines is 1. The number of carbonyl (C=O) groups excluding carboxylic acids is 2. The molecule has 0 radical (unpaired) electrons. The van der Waals surface area contributed by atoms with Crippen LogP contribution in [-0.4, -0.2) is 24.6 Å². The minimum atomic E-state index is -0.646. The molecule has 0 saturated carbocycles. The van der Waals surface area contributed by atoms with E-state index < -0.39 is 6.10 Å². The van der Waals surface area contributed by atoms with Gasteiger partial charge < -0.3 is 14.8 Å². The number of rotatable bonds is 6. The topological polar surface area (TPSA) is 64.6 Å². The molecule has 0 saturated heterocycles. The van der Waals surface area contributed by atoms with Gasteiger partial charge >= 0.3 is 5.97 Å². The van der Waals surface area contributed by atoms with E-state index in [4.69, 9.17) is 9.47 Å². The van der Waals surface area contributed by atoms with Crippen LogP contribution in [-0.2, 0) is 9.53 Å². The van der Waals surface area contributed by atoms with Gasteiger partial charge in [-0.2, -0.15) is 0 Å². The molecule has 2 aromatic carbocycles. The van der Waals surface area contributed by atoms with Crippen molar-refractivity contribution in [3.05, 3.63) is 59.2 Å². The van der Waals surface area contributed by atoms with Crippen LogP contribution in [0.5, 0.6) is 5.75 Å². The standard InChI is InChI=1S/C20H23NO4/c1-5-24-20(23)16-7-9-17(10-8-16)21-19(22)15(4)25-18-11-6-13(2)14(3)12-18/h6-12,15H,5H2,1-4H3,(H,21,22). The Morgan fingerprint density at radius 1 is 1.04 bits per heavy atom. The zero-order chi connectivity index (χ0) is 18.4. The van der Waals surface area contributed by atoms with E-state index in [1.54, 1.807) is 38.1 Å². The third kappa shape index (κ3) is 5.08. The van der Waals surface area contributed by atoms with Crippen LogP contribution in [0.4, 0.5) is 5.69 Å². The normalized spacial score (nSPS) is 11.5. The smallest absolute Gasteiger partial charge is 0.338 e. The average molecular weight is 341 g/mol. The lowest BCUT2D eigenvalue weighted by Crippen LogP contribution is -2.30. The fourth-order valence-electron chi connectivity index (χ4n) is 2.19. The highest BCUT2D eigenvalue weighted by molar-refractivity contribution is 5.95. The minimum absolute atomic E-state index is 0.262. The van der Waals surface area contributed by atoms with Crippen molar-refractivity contribution >= 4 is 17.6 Å². The minimum Gasteiger partial charge on any atom is -0.481 e. The van der Waals surface area contributed by atoms with Crippen molar-refractivity contribution in [2.24, 2.45) is 0 Å². The summed E-state index contributed by atoms with van der Waals surface area (Å²) in [5.74, 6) is 0.0114. The summed E-state index contributed by atoms with van der Waals surface area (Å²) in [7, 11) is 0. The number of esters is 1. The fraction of sp³-hybridized carbons (Fsp3) is 0.300. The van der Waals surface area contributed by atoms with Crippen LogP contribution in [0, 0.1) is 13.8 Å². The highest BCUT2D eigenvalue weighted by Gasteiger charge is 2.15. The van der Waals surface area contributed by atoms with Gasteiger partial charge in [0.15, 0.2) is 6.10 Å². The molecule has 25 heavy (non-hydrogen) atoms. The number of aryl methyl sites for hydroxylation is 2. The number of carbonyl (C=O) groups is 2. The molecule has 2 rings (SSSR count). The third-order valence-electron chi connectivity index (χ3n) is 3.82. The molecular formula is C20H23NO4. The number of hydrogen-bond acceptors (Lipinski definition) is 4. The molecule has 132 valence electrons. The Morgan fingerprint density at radius 2 is 1.72 bits per heavy atom. The second-order valence-electron chi connectivity index (χ2n) is 5.79. The number of amides is 1. The van der Waals surface area contributed by atoms with Gasteiger partial charge in [0, 0.05) is 5.69 Å². The van der Waals surface area contributed by atoms with Gasteiger partial charge in [-0.25, -0.2) is 4.79 Å². The van der Waals surface area contributed by atoms with Crippen molar-refractivity contribution in [3.63, 3.8) is 0 Å². The van der Waals surface area contributed by atoms with Crippen LogP contribution < -0.4 is 10.1 Å². The first-order chi connectivity index (χ1) is 11.9. The van der Waals surface area contributed by atoms with Crippen molar-refractivity contribution in [2.45, 2.75) is 33.8 Å². The lowest BCUT2D eigenvalue weighted by atomic mass is 10.1. The largest absolute Gasteiger partial charge is 0.481 e. The molecule has 0 aliphatic rings. The number of hydrogen-bond donors (Lipinski definition) is 1. The Balaban J connectivity index is 1.96. The van der Waals surface area contributed by atoms with E-state index in [1.807, 2.05) is 32.0 Å². The number of benzene rings is 2. The van der Waals surface area contributed by atoms with Gasteiger partial charge in [-0.15, -0.1) is 0 Å². The van der Waals surface area contributed by atoms with Crippen molar-refractivity contribution in [3.8, 4) is 5.75 Å². The fourth-order valence-corrected chi connectivity index (χ4v) is 2.19. The van der Waals surface area contributed by atoms with Crippen molar-refractivity contribution < 1.29 is 19.1 Å². The number of ether oxygens (including phenoxy) is 2. The summed E-state index contributed by atoms with van der Waals surface area (Å²) >= 11 is 0. The first-order valence-electron chi connectivity index (χ1n) is 8.22. The Labute approximate surface area is 148 Å². The van der Waals surface area contributed by atoms with Crippen molar-refractivity contribution in [1.82, 2.24) is 0 Å². The molecule has 1 atom stereocenters. The van der Waals surface area contributed by atoms with Crippen LogP contribution in [0.1, 0.15) is 35.3 Å². The zero-order valence-corrected chi connectivity index (χ0v) is 15.0. The molecule has 0 aliphatic heterocycles. The van der Waals surface area contributed by atoms with E-state index in [-0.39, 0.29) is 11.9 Å². The van der Waals surface area contributed by atoms with Crippen LogP contribution >= 0.6 is 0 Å². The second-order valence-corrected chi connectivity index (χ2v) is 5.79. The quantitative estimate of drug-likeness (QED) is 0.810. The predicted octanol–water partition coefficient (Wildman–Crippen LogP) is 3.89. The van der Waals surface area contributed by atoms with Crippen LogP contribution in [0.25, 0.3) is 0 Å². The molecule has 0 bridgehead atoms. The van der Waals surface area contributed by atoms with Gasteiger partial charge in [0.1, 0.15) is 5.75 Å². The molecule has 5 nitrogen and oxygen atoms in total. The Bertz CT molecular complexity index is 753. The van der Waals surface area contributed by atoms with E-state index in [1.165, 1.54) is 5.56 Å². The summed E-state index contributed by atoms with van der Waals surface area (Å²) in [6.07, 6.45) is -0.646. The molecule has 0 spiro atoms. The lowest BCUT2D eigenvalue weighted by Gasteiger charge is -2.15. The average Bonchev–Trinajstić information content (AvgIpc) is 2.59. The molecule has 0 fully saturated rings. The monoisotopic (exact) mass is 341 g/mol. The molecule has 1 amide bonds. The van der Waals surface area contributed by atoms with Gasteiger partial charge in [-0.3, -0.25) is 4.79 Å². The van der Waals surface area contributed by atoms with Gasteiger partial charge in [0.2, 0.25) is 0 Å². The molecule has 0 aromatic heterocycles. The Hall–Kier alpha value is -2.82. The van der Waals surface area contributed by atoms with Gasteiger partial charge in [-0.1, -0.05) is 6.07 Å². The SMILES string of the molecule is CCOC(=O)c1ccc(NC(=O)C(C)Oc2ccc(C)c(C)c2)cc1. The Kier molecular flexibility index (Phi) is 6.17. The molecule has 1 unspecified atom stereocenters. The van der Waals surface area contributed by atoms with Crippen LogP contribution in [0.15, 0.2) is 42.5 Å². The van der Waals surface area contributed by atoms with E-state index in [0.29, 0.717) is 23.6 Å². The molecule has 0 heterocycles. The molecule has 1 N–H and O–H groups in total. The van der Waals surface area contributed by atoms with E-state index in [2.05, 4.69) is 5.32 Å². The summed E-state index contributed by atoms with van der Waals surface area (Å²) in [6.45, 7) is 7.79. The maximum absolute atomic E-state index is 12.3. The summed E-state index contributed by atoms with van der Waals surface area (Å²) < 4.78 is 10.6.